The van der Waals surface area contributed by atoms with E-state index in [-0.39, 0.29) is 5.56 Å². The van der Waals surface area contributed by atoms with Gasteiger partial charge in [-0.1, -0.05) is 25.5 Å². The molecular weight excluding hydrogens is 376 g/mol. The molecule has 0 aliphatic heterocycles. The number of hydrogen-bond acceptors (Lipinski definition) is 6. The molecule has 0 aromatic heterocycles. The zero-order chi connectivity index (χ0) is 21.2. The lowest BCUT2D eigenvalue weighted by Gasteiger charge is -2.15. The molecule has 2 rings (SSSR count). The van der Waals surface area contributed by atoms with Crippen LogP contribution < -0.4 is 24.8 Å². The summed E-state index contributed by atoms with van der Waals surface area (Å²) in [4.78, 5) is 24.8. The Morgan fingerprint density at radius 2 is 1.59 bits per heavy atom. The van der Waals surface area contributed by atoms with E-state index in [1.54, 1.807) is 36.4 Å². The van der Waals surface area contributed by atoms with Crippen LogP contribution in [0.4, 0.5) is 16.2 Å². The van der Waals surface area contributed by atoms with Gasteiger partial charge in [-0.05, 0) is 18.6 Å². The Morgan fingerprint density at radius 3 is 2.17 bits per heavy atom. The van der Waals surface area contributed by atoms with Crippen LogP contribution in [0.25, 0.3) is 0 Å². The second kappa shape index (κ2) is 10.8. The van der Waals surface area contributed by atoms with Crippen LogP contribution in [-0.2, 0) is 4.74 Å². The van der Waals surface area contributed by atoms with Gasteiger partial charge in [0.25, 0.3) is 0 Å². The number of nitrogens with one attached hydrogen (secondary N) is 2. The van der Waals surface area contributed by atoms with E-state index in [9.17, 15) is 9.59 Å². The molecule has 0 unspecified atom stereocenters. The van der Waals surface area contributed by atoms with Crippen LogP contribution in [0.1, 0.15) is 30.1 Å². The average molecular weight is 402 g/mol. The fourth-order valence-corrected chi connectivity index (χ4v) is 2.59. The van der Waals surface area contributed by atoms with Crippen LogP contribution >= 0.6 is 0 Å². The first-order chi connectivity index (χ1) is 14.0. The van der Waals surface area contributed by atoms with E-state index in [4.69, 9.17) is 18.9 Å². The summed E-state index contributed by atoms with van der Waals surface area (Å²) in [5, 5.41) is 5.36. The zero-order valence-corrected chi connectivity index (χ0v) is 17.0. The molecule has 0 aliphatic rings. The normalized spacial score (nSPS) is 10.1. The van der Waals surface area contributed by atoms with Gasteiger partial charge in [0.15, 0.2) is 11.5 Å². The first-order valence-corrected chi connectivity index (χ1v) is 9.18. The highest BCUT2D eigenvalue weighted by Crippen LogP contribution is 2.39. The highest BCUT2D eigenvalue weighted by Gasteiger charge is 2.17. The molecule has 2 aromatic rings. The van der Waals surface area contributed by atoms with Gasteiger partial charge in [0, 0.05) is 12.1 Å². The summed E-state index contributed by atoms with van der Waals surface area (Å²) in [5.74, 6) is 0.743. The quantitative estimate of drug-likeness (QED) is 0.479. The lowest BCUT2D eigenvalue weighted by Crippen LogP contribution is -2.21. The number of ether oxygens (including phenoxy) is 4. The van der Waals surface area contributed by atoms with Crippen molar-refractivity contribution in [2.24, 2.45) is 0 Å². The molecule has 8 nitrogen and oxygen atoms in total. The maximum Gasteiger partial charge on any atom is 0.340 e. The molecule has 0 aliphatic carbocycles. The van der Waals surface area contributed by atoms with E-state index in [1.807, 2.05) is 6.92 Å². The van der Waals surface area contributed by atoms with E-state index in [0.29, 0.717) is 35.2 Å². The van der Waals surface area contributed by atoms with Crippen molar-refractivity contribution >= 4 is 23.4 Å². The highest BCUT2D eigenvalue weighted by molar-refractivity contribution is 6.05. The molecule has 0 radical (unpaired) electrons. The van der Waals surface area contributed by atoms with Crippen molar-refractivity contribution in [3.63, 3.8) is 0 Å². The number of hydrogen-bond donors (Lipinski definition) is 2. The van der Waals surface area contributed by atoms with Crippen LogP contribution in [0.2, 0.25) is 0 Å². The lowest BCUT2D eigenvalue weighted by molar-refractivity contribution is 0.0501. The fourth-order valence-electron chi connectivity index (χ4n) is 2.59. The Hall–Kier alpha value is -3.42. The van der Waals surface area contributed by atoms with Crippen LogP contribution in [0.15, 0.2) is 36.4 Å². The van der Waals surface area contributed by atoms with E-state index in [1.165, 1.54) is 21.3 Å². The fraction of sp³-hybridized carbons (Fsp3) is 0.333. The molecule has 0 heterocycles. The maximum atomic E-state index is 12.5. The third-order valence-corrected chi connectivity index (χ3v) is 4.05. The number of carbonyl (C=O) groups excluding carboxylic acids is 2. The Balaban J connectivity index is 2.15. The molecule has 156 valence electrons. The van der Waals surface area contributed by atoms with Crippen molar-refractivity contribution in [3.8, 4) is 17.2 Å². The predicted octanol–water partition coefficient (Wildman–Crippen LogP) is 4.31. The summed E-state index contributed by atoms with van der Waals surface area (Å²) < 4.78 is 21.1. The van der Waals surface area contributed by atoms with Crippen LogP contribution in [0.3, 0.4) is 0 Å². The number of urea groups is 1. The molecule has 8 heteroatoms. The zero-order valence-electron chi connectivity index (χ0n) is 17.0. The molecule has 0 atom stereocenters. The van der Waals surface area contributed by atoms with Crippen molar-refractivity contribution in [2.75, 3.05) is 38.6 Å². The SMILES string of the molecule is CCCCOC(=O)c1ccccc1NC(=O)Nc1cc(OC)c(OC)c(OC)c1. The van der Waals surface area contributed by atoms with Gasteiger partial charge in [-0.3, -0.25) is 0 Å². The van der Waals surface area contributed by atoms with Gasteiger partial charge in [0.05, 0.1) is 44.9 Å². The largest absolute Gasteiger partial charge is 0.493 e. The van der Waals surface area contributed by atoms with Crippen molar-refractivity contribution in [2.45, 2.75) is 19.8 Å². The van der Waals surface area contributed by atoms with Crippen molar-refractivity contribution in [1.29, 1.82) is 0 Å². The lowest BCUT2D eigenvalue weighted by atomic mass is 10.2. The Kier molecular flexibility index (Phi) is 8.14. The maximum absolute atomic E-state index is 12.5. The second-order valence-corrected chi connectivity index (χ2v) is 6.03. The third kappa shape index (κ3) is 5.78. The van der Waals surface area contributed by atoms with Crippen molar-refractivity contribution in [3.05, 3.63) is 42.0 Å². The number of amides is 2. The minimum Gasteiger partial charge on any atom is -0.493 e. The minimum absolute atomic E-state index is 0.281. The number of methoxy groups -OCH3 is 3. The first kappa shape index (κ1) is 21.9. The first-order valence-electron chi connectivity index (χ1n) is 9.18. The topological polar surface area (TPSA) is 95.1 Å². The summed E-state index contributed by atoms with van der Waals surface area (Å²) in [5.41, 5.74) is 1.06. The smallest absolute Gasteiger partial charge is 0.340 e. The number of carbonyl (C=O) groups is 2. The predicted molar refractivity (Wildman–Crippen MR) is 110 cm³/mol. The van der Waals surface area contributed by atoms with Gasteiger partial charge in [-0.15, -0.1) is 0 Å². The molecule has 0 spiro atoms. The number of rotatable bonds is 9. The van der Waals surface area contributed by atoms with Crippen LogP contribution in [0.5, 0.6) is 17.2 Å². The third-order valence-electron chi connectivity index (χ3n) is 4.05. The number of benzene rings is 2. The summed E-state index contributed by atoms with van der Waals surface area (Å²) in [6.45, 7) is 2.35. The van der Waals surface area contributed by atoms with E-state index >= 15 is 0 Å². The summed E-state index contributed by atoms with van der Waals surface area (Å²) >= 11 is 0. The monoisotopic (exact) mass is 402 g/mol. The molecule has 0 fully saturated rings. The molecule has 2 aromatic carbocycles. The van der Waals surface area contributed by atoms with Crippen LogP contribution in [0, 0.1) is 0 Å². The molecule has 2 N–H and O–H groups in total. The number of anilines is 2. The average Bonchev–Trinajstić information content (AvgIpc) is 2.73. The number of unbranched alkanes of at least 4 members (excludes halogenated alkanes) is 1. The summed E-state index contributed by atoms with van der Waals surface area (Å²) in [6, 6.07) is 9.33. The molecule has 2 amide bonds. The van der Waals surface area contributed by atoms with Crippen molar-refractivity contribution < 1.29 is 28.5 Å². The second-order valence-electron chi connectivity index (χ2n) is 6.03. The van der Waals surface area contributed by atoms with Crippen LogP contribution in [-0.4, -0.2) is 39.9 Å². The highest BCUT2D eigenvalue weighted by atomic mass is 16.5. The summed E-state index contributed by atoms with van der Waals surface area (Å²) in [7, 11) is 4.47. The molecule has 0 saturated heterocycles. The van der Waals surface area contributed by atoms with Crippen molar-refractivity contribution in [1.82, 2.24) is 0 Å². The standard InChI is InChI=1S/C21H26N2O6/c1-5-6-11-29-20(24)15-9-7-8-10-16(15)23-21(25)22-14-12-17(26-2)19(28-4)18(13-14)27-3/h7-10,12-13H,5-6,11H2,1-4H3,(H2,22,23,25). The number of para-hydroxylation sites is 1. The van der Waals surface area contributed by atoms with Gasteiger partial charge in [-0.25, -0.2) is 9.59 Å². The molecule has 29 heavy (non-hydrogen) atoms. The summed E-state index contributed by atoms with van der Waals surface area (Å²) in [6.07, 6.45) is 1.70. The molecular formula is C21H26N2O6. The van der Waals surface area contributed by atoms with Gasteiger partial charge >= 0.3 is 12.0 Å². The van der Waals surface area contributed by atoms with E-state index in [0.717, 1.165) is 12.8 Å². The Morgan fingerprint density at radius 1 is 0.931 bits per heavy atom. The van der Waals surface area contributed by atoms with Gasteiger partial charge in [0.2, 0.25) is 5.75 Å². The Labute approximate surface area is 170 Å². The Bertz CT molecular complexity index is 828. The van der Waals surface area contributed by atoms with Gasteiger partial charge in [-0.2, -0.15) is 0 Å². The minimum atomic E-state index is -0.534. The molecule has 0 saturated carbocycles. The van der Waals surface area contributed by atoms with E-state index < -0.39 is 12.0 Å². The molecule has 0 bridgehead atoms. The van der Waals surface area contributed by atoms with E-state index in [2.05, 4.69) is 10.6 Å². The van der Waals surface area contributed by atoms with Gasteiger partial charge < -0.3 is 29.6 Å². The number of esters is 1. The van der Waals surface area contributed by atoms with Gasteiger partial charge in [0.1, 0.15) is 0 Å².